The molecule has 0 unspecified atom stereocenters. The number of hydrogen-bond acceptors (Lipinski definition) is 6. The number of likely N-dealkylation sites (tertiary alicyclic amines) is 1. The van der Waals surface area contributed by atoms with Crippen LogP contribution in [0, 0.1) is 12.8 Å². The normalized spacial score (nSPS) is 19.5. The lowest BCUT2D eigenvalue weighted by atomic mass is 9.80. The topological polar surface area (TPSA) is 85.4 Å². The summed E-state index contributed by atoms with van der Waals surface area (Å²) in [5.41, 5.74) is 2.34. The van der Waals surface area contributed by atoms with Gasteiger partial charge in [0.15, 0.2) is 0 Å². The number of imide groups is 1. The molecule has 2 aromatic carbocycles. The van der Waals surface area contributed by atoms with E-state index in [0.29, 0.717) is 31.0 Å². The Bertz CT molecular complexity index is 1230. The van der Waals surface area contributed by atoms with Gasteiger partial charge in [0.1, 0.15) is 17.0 Å². The summed E-state index contributed by atoms with van der Waals surface area (Å²) in [6.07, 6.45) is -0.180. The molecule has 0 N–H and O–H groups in total. The summed E-state index contributed by atoms with van der Waals surface area (Å²) in [5, 5.41) is 0. The Balaban J connectivity index is 1.48. The summed E-state index contributed by atoms with van der Waals surface area (Å²) >= 11 is 0. The van der Waals surface area contributed by atoms with Crippen LogP contribution in [0.2, 0.25) is 0 Å². The van der Waals surface area contributed by atoms with Crippen molar-refractivity contribution in [2.24, 2.45) is 5.92 Å². The van der Waals surface area contributed by atoms with Crippen molar-refractivity contribution in [2.75, 3.05) is 19.7 Å². The molecule has 210 valence electrons. The van der Waals surface area contributed by atoms with E-state index in [1.165, 1.54) is 11.1 Å². The van der Waals surface area contributed by atoms with Gasteiger partial charge in [0.05, 0.1) is 13.2 Å². The molecule has 1 fully saturated rings. The van der Waals surface area contributed by atoms with Gasteiger partial charge in [-0.25, -0.2) is 14.5 Å². The Labute approximate surface area is 231 Å². The van der Waals surface area contributed by atoms with Crippen LogP contribution >= 0.6 is 0 Å². The summed E-state index contributed by atoms with van der Waals surface area (Å²) < 4.78 is 17.3. The van der Waals surface area contributed by atoms with E-state index < -0.39 is 23.2 Å². The van der Waals surface area contributed by atoms with Crippen molar-refractivity contribution >= 4 is 18.1 Å². The fourth-order valence-corrected chi connectivity index (χ4v) is 4.98. The van der Waals surface area contributed by atoms with Crippen LogP contribution < -0.4 is 4.74 Å². The number of hydrogen-bond donors (Lipinski definition) is 0. The van der Waals surface area contributed by atoms with Crippen LogP contribution in [0.1, 0.15) is 80.9 Å². The van der Waals surface area contributed by atoms with Crippen LogP contribution in [0.15, 0.2) is 42.5 Å². The Kier molecular flexibility index (Phi) is 7.96. The van der Waals surface area contributed by atoms with Gasteiger partial charge in [-0.05, 0) is 84.1 Å². The van der Waals surface area contributed by atoms with Gasteiger partial charge in [-0.2, -0.15) is 0 Å². The minimum absolute atomic E-state index is 0.0243. The molecule has 0 aromatic heterocycles. The third-order valence-electron chi connectivity index (χ3n) is 6.85. The highest BCUT2D eigenvalue weighted by Gasteiger charge is 2.37. The predicted molar refractivity (Wildman–Crippen MR) is 148 cm³/mol. The number of nitrogens with zero attached hydrogens (tertiary/aromatic N) is 2. The molecule has 2 aliphatic heterocycles. The van der Waals surface area contributed by atoms with Crippen molar-refractivity contribution in [3.8, 4) is 5.75 Å². The summed E-state index contributed by atoms with van der Waals surface area (Å²) in [6.45, 7) is 14.6. The van der Waals surface area contributed by atoms with Crippen LogP contribution in [-0.4, -0.2) is 58.8 Å². The molecule has 0 bridgehead atoms. The van der Waals surface area contributed by atoms with Gasteiger partial charge in [-0.3, -0.25) is 4.79 Å². The zero-order valence-electron chi connectivity index (χ0n) is 24.1. The van der Waals surface area contributed by atoms with E-state index >= 15 is 0 Å². The maximum atomic E-state index is 13.0. The number of rotatable bonds is 4. The fourth-order valence-electron chi connectivity index (χ4n) is 4.98. The summed E-state index contributed by atoms with van der Waals surface area (Å²) in [5.74, 6) is 0.389. The molecule has 2 aromatic rings. The van der Waals surface area contributed by atoms with Crippen molar-refractivity contribution in [3.05, 3.63) is 64.7 Å². The van der Waals surface area contributed by atoms with Crippen LogP contribution in [0.5, 0.6) is 5.75 Å². The Morgan fingerprint density at radius 2 is 1.56 bits per heavy atom. The van der Waals surface area contributed by atoms with Gasteiger partial charge in [0.2, 0.25) is 0 Å². The van der Waals surface area contributed by atoms with Gasteiger partial charge in [0, 0.05) is 24.6 Å². The van der Waals surface area contributed by atoms with E-state index in [1.807, 2.05) is 32.9 Å². The molecule has 2 aliphatic rings. The predicted octanol–water partition coefficient (Wildman–Crippen LogP) is 6.31. The lowest BCUT2D eigenvalue weighted by molar-refractivity contribution is 0.0110. The van der Waals surface area contributed by atoms with Crippen LogP contribution in [0.25, 0.3) is 0 Å². The molecule has 4 rings (SSSR count). The molecule has 0 aliphatic carbocycles. The van der Waals surface area contributed by atoms with Crippen molar-refractivity contribution in [1.29, 1.82) is 0 Å². The van der Waals surface area contributed by atoms with Gasteiger partial charge < -0.3 is 19.1 Å². The third-order valence-corrected chi connectivity index (χ3v) is 6.85. The van der Waals surface area contributed by atoms with Gasteiger partial charge in [-0.15, -0.1) is 0 Å². The molecule has 0 radical (unpaired) electrons. The first-order chi connectivity index (χ1) is 18.2. The standard InChI is InChI=1S/C31H40N2O6/c1-20-8-10-21(11-9-20)25-14-15-32(28(35)38-30(2,3)4)17-23(25)19-37-24-13-12-22-18-33(27(34)26(22)16-24)29(36)39-31(5,6)7/h8-13,16,23,25H,14-15,17-19H2,1-7H3/t23-,25-/m0/s1. The minimum Gasteiger partial charge on any atom is -0.493 e. The van der Waals surface area contributed by atoms with Crippen LogP contribution in [-0.2, 0) is 16.0 Å². The first-order valence-electron chi connectivity index (χ1n) is 13.6. The van der Waals surface area contributed by atoms with Crippen molar-refractivity contribution in [2.45, 2.75) is 78.6 Å². The fraction of sp³-hybridized carbons (Fsp3) is 0.516. The molecule has 0 spiro atoms. The molecular weight excluding hydrogens is 496 g/mol. The van der Waals surface area contributed by atoms with E-state index in [-0.39, 0.29) is 24.5 Å². The van der Waals surface area contributed by atoms with Crippen LogP contribution in [0.4, 0.5) is 9.59 Å². The molecule has 0 saturated carbocycles. The highest BCUT2D eigenvalue weighted by atomic mass is 16.6. The zero-order chi connectivity index (χ0) is 28.5. The SMILES string of the molecule is Cc1ccc([C@@H]2CCN(C(=O)OC(C)(C)C)C[C@H]2COc2ccc3c(c2)C(=O)N(C(=O)OC(C)(C)C)C3)cc1. The van der Waals surface area contributed by atoms with Gasteiger partial charge in [-0.1, -0.05) is 35.9 Å². The number of carbonyl (C=O) groups is 3. The lowest BCUT2D eigenvalue weighted by Gasteiger charge is -2.39. The third kappa shape index (κ3) is 7.11. The molecule has 2 heterocycles. The van der Waals surface area contributed by atoms with Gasteiger partial charge >= 0.3 is 12.2 Å². The van der Waals surface area contributed by atoms with Crippen molar-refractivity contribution < 1.29 is 28.6 Å². The molecule has 8 heteroatoms. The molecule has 2 atom stereocenters. The van der Waals surface area contributed by atoms with Gasteiger partial charge in [0.25, 0.3) is 5.91 Å². The zero-order valence-corrected chi connectivity index (χ0v) is 24.1. The molecule has 3 amide bonds. The molecular formula is C31H40N2O6. The number of ether oxygens (including phenoxy) is 3. The minimum atomic E-state index is -0.693. The number of aryl methyl sites for hydroxylation is 1. The first-order valence-corrected chi connectivity index (χ1v) is 13.6. The van der Waals surface area contributed by atoms with E-state index in [1.54, 1.807) is 31.7 Å². The highest BCUT2D eigenvalue weighted by Crippen LogP contribution is 2.35. The second kappa shape index (κ2) is 10.9. The average Bonchev–Trinajstić information content (AvgIpc) is 3.17. The Morgan fingerprint density at radius 1 is 0.923 bits per heavy atom. The summed E-state index contributed by atoms with van der Waals surface area (Å²) in [6, 6.07) is 13.8. The maximum Gasteiger partial charge on any atom is 0.417 e. The molecule has 8 nitrogen and oxygen atoms in total. The summed E-state index contributed by atoms with van der Waals surface area (Å²) in [7, 11) is 0. The van der Waals surface area contributed by atoms with E-state index in [0.717, 1.165) is 16.9 Å². The number of piperidine rings is 1. The van der Waals surface area contributed by atoms with E-state index in [9.17, 15) is 14.4 Å². The lowest BCUT2D eigenvalue weighted by Crippen LogP contribution is -2.46. The second-order valence-corrected chi connectivity index (χ2v) is 12.5. The number of fused-ring (bicyclic) bond motifs is 1. The molecule has 1 saturated heterocycles. The Morgan fingerprint density at radius 3 is 2.21 bits per heavy atom. The quantitative estimate of drug-likeness (QED) is 0.456. The number of benzene rings is 2. The largest absolute Gasteiger partial charge is 0.493 e. The van der Waals surface area contributed by atoms with Crippen molar-refractivity contribution in [1.82, 2.24) is 9.80 Å². The smallest absolute Gasteiger partial charge is 0.417 e. The first kappa shape index (κ1) is 28.5. The van der Waals surface area contributed by atoms with E-state index in [2.05, 4.69) is 31.2 Å². The highest BCUT2D eigenvalue weighted by molar-refractivity contribution is 6.06. The molecule has 39 heavy (non-hydrogen) atoms. The Hall–Kier alpha value is -3.55. The monoisotopic (exact) mass is 536 g/mol. The number of amides is 3. The van der Waals surface area contributed by atoms with Crippen molar-refractivity contribution in [3.63, 3.8) is 0 Å². The van der Waals surface area contributed by atoms with E-state index in [4.69, 9.17) is 14.2 Å². The second-order valence-electron chi connectivity index (χ2n) is 12.5. The number of carbonyl (C=O) groups excluding carboxylic acids is 3. The van der Waals surface area contributed by atoms with Crippen LogP contribution in [0.3, 0.4) is 0 Å². The average molecular weight is 537 g/mol. The maximum absolute atomic E-state index is 13.0. The summed E-state index contributed by atoms with van der Waals surface area (Å²) in [4.78, 5) is 41.2.